The zero-order valence-corrected chi connectivity index (χ0v) is 9.95. The van der Waals surface area contributed by atoms with Crippen LogP contribution in [0.25, 0.3) is 0 Å². The average Bonchev–Trinajstić information content (AvgIpc) is 2.48. The summed E-state index contributed by atoms with van der Waals surface area (Å²) in [6.45, 7) is 9.10. The van der Waals surface area contributed by atoms with E-state index < -0.39 is 0 Å². The van der Waals surface area contributed by atoms with Crippen LogP contribution in [0.4, 0.5) is 0 Å². The van der Waals surface area contributed by atoms with Crippen LogP contribution in [0, 0.1) is 5.92 Å². The highest BCUT2D eigenvalue weighted by molar-refractivity contribution is 7.10. The number of thiophene rings is 1. The Morgan fingerprint density at radius 2 is 1.92 bits per heavy atom. The SMILES string of the molecule is CC(C)CCc1csc(C(C)C)c1. The third-order valence-electron chi connectivity index (χ3n) is 2.25. The summed E-state index contributed by atoms with van der Waals surface area (Å²) in [6.07, 6.45) is 2.56. The van der Waals surface area contributed by atoms with E-state index in [-0.39, 0.29) is 0 Å². The Morgan fingerprint density at radius 1 is 1.23 bits per heavy atom. The van der Waals surface area contributed by atoms with E-state index in [9.17, 15) is 0 Å². The first-order valence-electron chi connectivity index (χ1n) is 5.17. The molecule has 0 aliphatic heterocycles. The van der Waals surface area contributed by atoms with Crippen molar-refractivity contribution in [3.63, 3.8) is 0 Å². The van der Waals surface area contributed by atoms with Crippen LogP contribution < -0.4 is 0 Å². The van der Waals surface area contributed by atoms with Crippen molar-refractivity contribution in [3.8, 4) is 0 Å². The van der Waals surface area contributed by atoms with E-state index in [0.717, 1.165) is 5.92 Å². The van der Waals surface area contributed by atoms with Crippen molar-refractivity contribution in [2.75, 3.05) is 0 Å². The molecule has 0 saturated carbocycles. The summed E-state index contributed by atoms with van der Waals surface area (Å²) in [5, 5.41) is 2.32. The molecule has 0 aliphatic carbocycles. The fraction of sp³-hybridized carbons (Fsp3) is 0.667. The van der Waals surface area contributed by atoms with Crippen LogP contribution in [0.3, 0.4) is 0 Å². The van der Waals surface area contributed by atoms with Gasteiger partial charge in [0, 0.05) is 4.88 Å². The van der Waals surface area contributed by atoms with Crippen LogP contribution in [0.5, 0.6) is 0 Å². The first-order chi connectivity index (χ1) is 6.09. The lowest BCUT2D eigenvalue weighted by atomic mass is 10.0. The lowest BCUT2D eigenvalue weighted by molar-refractivity contribution is 0.587. The lowest BCUT2D eigenvalue weighted by Gasteiger charge is -2.01. The minimum Gasteiger partial charge on any atom is -0.148 e. The maximum absolute atomic E-state index is 2.37. The molecule has 0 aliphatic rings. The van der Waals surface area contributed by atoms with Crippen LogP contribution in [0.1, 0.15) is 50.5 Å². The molecule has 0 atom stereocenters. The molecule has 74 valence electrons. The molecule has 0 unspecified atom stereocenters. The summed E-state index contributed by atoms with van der Waals surface area (Å²) in [6, 6.07) is 2.37. The van der Waals surface area contributed by atoms with Gasteiger partial charge in [0.1, 0.15) is 0 Å². The van der Waals surface area contributed by atoms with Crippen molar-refractivity contribution in [3.05, 3.63) is 21.9 Å². The molecule has 1 aromatic heterocycles. The highest BCUT2D eigenvalue weighted by atomic mass is 32.1. The standard InChI is InChI=1S/C12H20S/c1-9(2)5-6-11-7-12(10(3)4)13-8-11/h7-10H,5-6H2,1-4H3. The van der Waals surface area contributed by atoms with E-state index in [1.54, 1.807) is 0 Å². The van der Waals surface area contributed by atoms with E-state index in [0.29, 0.717) is 5.92 Å². The molecule has 0 bridgehead atoms. The second-order valence-electron chi connectivity index (χ2n) is 4.44. The molecule has 0 spiro atoms. The van der Waals surface area contributed by atoms with E-state index in [1.165, 1.54) is 23.3 Å². The molecule has 0 fully saturated rings. The van der Waals surface area contributed by atoms with Gasteiger partial charge in [-0.2, -0.15) is 0 Å². The second-order valence-corrected chi connectivity index (χ2v) is 5.39. The zero-order valence-electron chi connectivity index (χ0n) is 9.13. The monoisotopic (exact) mass is 196 g/mol. The minimum atomic E-state index is 0.692. The quantitative estimate of drug-likeness (QED) is 0.667. The molecule has 1 heterocycles. The number of hydrogen-bond donors (Lipinski definition) is 0. The third kappa shape index (κ3) is 3.51. The van der Waals surface area contributed by atoms with Crippen molar-refractivity contribution in [2.45, 2.75) is 46.5 Å². The predicted octanol–water partition coefficient (Wildman–Crippen LogP) is 4.46. The number of rotatable bonds is 4. The summed E-state index contributed by atoms with van der Waals surface area (Å²) in [5.41, 5.74) is 1.53. The van der Waals surface area contributed by atoms with Crippen molar-refractivity contribution in [1.29, 1.82) is 0 Å². The van der Waals surface area contributed by atoms with Crippen LogP contribution in [0.15, 0.2) is 11.4 Å². The summed E-state index contributed by atoms with van der Waals surface area (Å²) < 4.78 is 0. The molecule has 0 radical (unpaired) electrons. The Kier molecular flexibility index (Phi) is 3.98. The maximum Gasteiger partial charge on any atom is 0.00735 e. The van der Waals surface area contributed by atoms with E-state index >= 15 is 0 Å². The summed E-state index contributed by atoms with van der Waals surface area (Å²) in [7, 11) is 0. The number of aryl methyl sites for hydroxylation is 1. The van der Waals surface area contributed by atoms with Gasteiger partial charge in [-0.15, -0.1) is 11.3 Å². The van der Waals surface area contributed by atoms with E-state index in [2.05, 4.69) is 39.1 Å². The van der Waals surface area contributed by atoms with Gasteiger partial charge >= 0.3 is 0 Å². The van der Waals surface area contributed by atoms with Gasteiger partial charge in [0.2, 0.25) is 0 Å². The second kappa shape index (κ2) is 4.80. The Labute approximate surface area is 86.0 Å². The van der Waals surface area contributed by atoms with Crippen molar-refractivity contribution < 1.29 is 0 Å². The van der Waals surface area contributed by atoms with Gasteiger partial charge < -0.3 is 0 Å². The summed E-state index contributed by atoms with van der Waals surface area (Å²) in [4.78, 5) is 1.53. The minimum absolute atomic E-state index is 0.692. The van der Waals surface area contributed by atoms with Gasteiger partial charge in [-0.25, -0.2) is 0 Å². The third-order valence-corrected chi connectivity index (χ3v) is 3.54. The molecular formula is C12H20S. The Bertz CT molecular complexity index is 245. The molecule has 0 nitrogen and oxygen atoms in total. The highest BCUT2D eigenvalue weighted by Crippen LogP contribution is 2.24. The smallest absolute Gasteiger partial charge is 0.00735 e. The number of hydrogen-bond acceptors (Lipinski definition) is 1. The van der Waals surface area contributed by atoms with Gasteiger partial charge in [-0.05, 0) is 41.7 Å². The zero-order chi connectivity index (χ0) is 9.84. The van der Waals surface area contributed by atoms with Crippen LogP contribution in [-0.2, 0) is 6.42 Å². The van der Waals surface area contributed by atoms with Crippen LogP contribution in [0.2, 0.25) is 0 Å². The van der Waals surface area contributed by atoms with Crippen molar-refractivity contribution in [1.82, 2.24) is 0 Å². The van der Waals surface area contributed by atoms with Crippen molar-refractivity contribution >= 4 is 11.3 Å². The Hall–Kier alpha value is -0.300. The molecule has 0 aromatic carbocycles. The normalized spacial score (nSPS) is 11.5. The van der Waals surface area contributed by atoms with E-state index in [4.69, 9.17) is 0 Å². The lowest BCUT2D eigenvalue weighted by Crippen LogP contribution is -1.90. The molecule has 1 rings (SSSR count). The van der Waals surface area contributed by atoms with Gasteiger partial charge in [0.25, 0.3) is 0 Å². The van der Waals surface area contributed by atoms with Crippen LogP contribution >= 0.6 is 11.3 Å². The molecule has 0 N–H and O–H groups in total. The first-order valence-corrected chi connectivity index (χ1v) is 6.05. The molecule has 0 saturated heterocycles. The molecular weight excluding hydrogens is 176 g/mol. The highest BCUT2D eigenvalue weighted by Gasteiger charge is 2.04. The van der Waals surface area contributed by atoms with Crippen molar-refractivity contribution in [2.24, 2.45) is 5.92 Å². The van der Waals surface area contributed by atoms with Gasteiger partial charge in [-0.1, -0.05) is 27.7 Å². The average molecular weight is 196 g/mol. The Balaban J connectivity index is 2.49. The van der Waals surface area contributed by atoms with Gasteiger partial charge in [0.15, 0.2) is 0 Å². The summed E-state index contributed by atoms with van der Waals surface area (Å²) >= 11 is 1.91. The molecule has 0 amide bonds. The topological polar surface area (TPSA) is 0 Å². The Morgan fingerprint density at radius 3 is 2.38 bits per heavy atom. The summed E-state index contributed by atoms with van der Waals surface area (Å²) in [5.74, 6) is 1.51. The molecule has 1 aromatic rings. The fourth-order valence-electron chi connectivity index (χ4n) is 1.28. The van der Waals surface area contributed by atoms with Gasteiger partial charge in [-0.3, -0.25) is 0 Å². The predicted molar refractivity (Wildman–Crippen MR) is 61.6 cm³/mol. The van der Waals surface area contributed by atoms with Gasteiger partial charge in [0.05, 0.1) is 0 Å². The fourth-order valence-corrected chi connectivity index (χ4v) is 2.25. The first kappa shape index (κ1) is 10.8. The van der Waals surface area contributed by atoms with Crippen LogP contribution in [-0.4, -0.2) is 0 Å². The van der Waals surface area contributed by atoms with E-state index in [1.807, 2.05) is 11.3 Å². The maximum atomic E-state index is 2.37. The molecule has 1 heteroatoms. The largest absolute Gasteiger partial charge is 0.148 e. The molecule has 13 heavy (non-hydrogen) atoms.